The van der Waals surface area contributed by atoms with E-state index in [-0.39, 0.29) is 0 Å². The van der Waals surface area contributed by atoms with E-state index in [0.29, 0.717) is 5.57 Å². The van der Waals surface area contributed by atoms with Crippen molar-refractivity contribution >= 4 is 5.97 Å². The van der Waals surface area contributed by atoms with Crippen molar-refractivity contribution in [3.63, 3.8) is 0 Å². The van der Waals surface area contributed by atoms with Gasteiger partial charge in [-0.1, -0.05) is 18.2 Å². The number of carboxylic acid groups (broad SMARTS) is 1. The zero-order valence-electron chi connectivity index (χ0n) is 9.15. The lowest BCUT2D eigenvalue weighted by Crippen LogP contribution is -2.06. The maximum atomic E-state index is 10.6. The largest absolute Gasteiger partial charge is 0.478 e. The normalized spacial score (nSPS) is 33.7. The molecule has 15 heavy (non-hydrogen) atoms. The summed E-state index contributed by atoms with van der Waals surface area (Å²) >= 11 is 0. The Morgan fingerprint density at radius 1 is 1.47 bits per heavy atom. The number of carbonyl (C=O) groups is 1. The Morgan fingerprint density at radius 3 is 2.80 bits per heavy atom. The average Bonchev–Trinajstić information content (AvgIpc) is 2.78. The van der Waals surface area contributed by atoms with E-state index in [1.54, 1.807) is 6.92 Å². The molecule has 3 unspecified atom stereocenters. The molecule has 82 valence electrons. The second-order valence-electron chi connectivity index (χ2n) is 4.81. The van der Waals surface area contributed by atoms with Gasteiger partial charge in [-0.2, -0.15) is 0 Å². The fourth-order valence-corrected chi connectivity index (χ4v) is 2.83. The van der Waals surface area contributed by atoms with Crippen LogP contribution in [0.15, 0.2) is 23.8 Å². The molecule has 0 heterocycles. The lowest BCUT2D eigenvalue weighted by Gasteiger charge is -2.16. The SMILES string of the molecule is CC(=CCCC1CC2C=CC1C2)C(=O)O. The minimum Gasteiger partial charge on any atom is -0.478 e. The maximum absolute atomic E-state index is 10.6. The molecule has 2 aliphatic rings. The topological polar surface area (TPSA) is 37.3 Å². The van der Waals surface area contributed by atoms with Gasteiger partial charge in [-0.15, -0.1) is 0 Å². The Kier molecular flexibility index (Phi) is 2.94. The molecular weight excluding hydrogens is 188 g/mol. The van der Waals surface area contributed by atoms with Gasteiger partial charge in [-0.3, -0.25) is 0 Å². The number of rotatable bonds is 4. The predicted molar refractivity (Wildman–Crippen MR) is 59.5 cm³/mol. The second-order valence-corrected chi connectivity index (χ2v) is 4.81. The zero-order valence-corrected chi connectivity index (χ0v) is 9.15. The Labute approximate surface area is 90.7 Å². The highest BCUT2D eigenvalue weighted by molar-refractivity contribution is 5.85. The molecule has 3 atom stereocenters. The molecule has 2 heteroatoms. The first kappa shape index (κ1) is 10.5. The average molecular weight is 206 g/mol. The summed E-state index contributed by atoms with van der Waals surface area (Å²) in [6, 6.07) is 0. The highest BCUT2D eigenvalue weighted by Gasteiger charge is 2.34. The standard InChI is InChI=1S/C13H18O2/c1-9(13(14)15)3-2-4-11-7-10-5-6-12(11)8-10/h3,5-6,10-12H,2,4,7-8H2,1H3,(H,14,15). The molecule has 0 aromatic heterocycles. The van der Waals surface area contributed by atoms with Gasteiger partial charge in [0.15, 0.2) is 0 Å². The number of aliphatic carboxylic acids is 1. The molecular formula is C13H18O2. The Balaban J connectivity index is 1.78. The molecule has 0 saturated heterocycles. The molecule has 2 rings (SSSR count). The Hall–Kier alpha value is -1.05. The number of carboxylic acids is 1. The van der Waals surface area contributed by atoms with E-state index in [1.165, 1.54) is 12.8 Å². The Bertz CT molecular complexity index is 314. The van der Waals surface area contributed by atoms with Gasteiger partial charge >= 0.3 is 5.97 Å². The van der Waals surface area contributed by atoms with E-state index in [9.17, 15) is 4.79 Å². The van der Waals surface area contributed by atoms with E-state index in [4.69, 9.17) is 5.11 Å². The summed E-state index contributed by atoms with van der Waals surface area (Å²) in [5.41, 5.74) is 0.480. The maximum Gasteiger partial charge on any atom is 0.330 e. The van der Waals surface area contributed by atoms with Crippen LogP contribution in [-0.2, 0) is 4.79 Å². The molecule has 2 bridgehead atoms. The minimum absolute atomic E-state index is 0.480. The monoisotopic (exact) mass is 206 g/mol. The molecule has 0 aliphatic heterocycles. The highest BCUT2D eigenvalue weighted by Crippen LogP contribution is 2.45. The molecule has 0 spiro atoms. The van der Waals surface area contributed by atoms with Crippen molar-refractivity contribution in [2.24, 2.45) is 17.8 Å². The van der Waals surface area contributed by atoms with Gasteiger partial charge in [0.2, 0.25) is 0 Å². The molecule has 1 fully saturated rings. The second kappa shape index (κ2) is 4.21. The molecule has 0 aromatic rings. The van der Waals surface area contributed by atoms with E-state index >= 15 is 0 Å². The minimum atomic E-state index is -0.789. The summed E-state index contributed by atoms with van der Waals surface area (Å²) in [5.74, 6) is 1.62. The van der Waals surface area contributed by atoms with Crippen LogP contribution in [0.4, 0.5) is 0 Å². The van der Waals surface area contributed by atoms with Crippen molar-refractivity contribution in [2.75, 3.05) is 0 Å². The summed E-state index contributed by atoms with van der Waals surface area (Å²) in [7, 11) is 0. The van der Waals surface area contributed by atoms with Gasteiger partial charge in [0.1, 0.15) is 0 Å². The predicted octanol–water partition coefficient (Wildman–Crippen LogP) is 3.01. The van der Waals surface area contributed by atoms with Crippen molar-refractivity contribution in [2.45, 2.75) is 32.6 Å². The first-order valence-electron chi connectivity index (χ1n) is 5.75. The van der Waals surface area contributed by atoms with Crippen LogP contribution in [-0.4, -0.2) is 11.1 Å². The van der Waals surface area contributed by atoms with Gasteiger partial charge in [-0.25, -0.2) is 4.79 Å². The lowest BCUT2D eigenvalue weighted by molar-refractivity contribution is -0.132. The third-order valence-electron chi connectivity index (χ3n) is 3.74. The summed E-state index contributed by atoms with van der Waals surface area (Å²) < 4.78 is 0. The van der Waals surface area contributed by atoms with Crippen LogP contribution >= 0.6 is 0 Å². The third-order valence-corrected chi connectivity index (χ3v) is 3.74. The van der Waals surface area contributed by atoms with Crippen LogP contribution < -0.4 is 0 Å². The van der Waals surface area contributed by atoms with Crippen LogP contribution in [0.25, 0.3) is 0 Å². The number of hydrogen-bond donors (Lipinski definition) is 1. The first-order valence-corrected chi connectivity index (χ1v) is 5.75. The van der Waals surface area contributed by atoms with E-state index < -0.39 is 5.97 Å². The Morgan fingerprint density at radius 2 is 2.27 bits per heavy atom. The fourth-order valence-electron chi connectivity index (χ4n) is 2.83. The molecule has 1 saturated carbocycles. The lowest BCUT2D eigenvalue weighted by atomic mass is 9.89. The molecule has 2 nitrogen and oxygen atoms in total. The van der Waals surface area contributed by atoms with Crippen LogP contribution in [0.1, 0.15) is 32.6 Å². The van der Waals surface area contributed by atoms with Crippen molar-refractivity contribution < 1.29 is 9.90 Å². The van der Waals surface area contributed by atoms with E-state index in [1.807, 2.05) is 6.08 Å². The summed E-state index contributed by atoms with van der Waals surface area (Å²) in [5, 5.41) is 8.70. The highest BCUT2D eigenvalue weighted by atomic mass is 16.4. The first-order chi connectivity index (χ1) is 7.16. The van der Waals surface area contributed by atoms with Gasteiger partial charge < -0.3 is 5.11 Å². The van der Waals surface area contributed by atoms with Crippen LogP contribution in [0, 0.1) is 17.8 Å². The van der Waals surface area contributed by atoms with Crippen molar-refractivity contribution in [3.05, 3.63) is 23.8 Å². The zero-order chi connectivity index (χ0) is 10.8. The smallest absolute Gasteiger partial charge is 0.330 e. The summed E-state index contributed by atoms with van der Waals surface area (Å²) in [4.78, 5) is 10.6. The van der Waals surface area contributed by atoms with Gasteiger partial charge in [0.25, 0.3) is 0 Å². The molecule has 0 aromatic carbocycles. The third kappa shape index (κ3) is 2.31. The van der Waals surface area contributed by atoms with Crippen molar-refractivity contribution in [3.8, 4) is 0 Å². The van der Waals surface area contributed by atoms with Crippen molar-refractivity contribution in [1.82, 2.24) is 0 Å². The van der Waals surface area contributed by atoms with Crippen LogP contribution in [0.5, 0.6) is 0 Å². The molecule has 1 N–H and O–H groups in total. The van der Waals surface area contributed by atoms with Crippen LogP contribution in [0.2, 0.25) is 0 Å². The van der Waals surface area contributed by atoms with E-state index in [0.717, 1.165) is 30.6 Å². The summed E-state index contributed by atoms with van der Waals surface area (Å²) in [6.45, 7) is 1.67. The van der Waals surface area contributed by atoms with E-state index in [2.05, 4.69) is 12.2 Å². The fraction of sp³-hybridized carbons (Fsp3) is 0.615. The molecule has 2 aliphatic carbocycles. The van der Waals surface area contributed by atoms with Gasteiger partial charge in [-0.05, 0) is 50.4 Å². The van der Waals surface area contributed by atoms with Crippen LogP contribution in [0.3, 0.4) is 0 Å². The molecule has 0 radical (unpaired) electrons. The molecule has 0 amide bonds. The number of hydrogen-bond acceptors (Lipinski definition) is 1. The van der Waals surface area contributed by atoms with Gasteiger partial charge in [0.05, 0.1) is 0 Å². The summed E-state index contributed by atoms with van der Waals surface area (Å²) in [6.07, 6.45) is 11.3. The van der Waals surface area contributed by atoms with Crippen molar-refractivity contribution in [1.29, 1.82) is 0 Å². The van der Waals surface area contributed by atoms with Gasteiger partial charge in [0, 0.05) is 5.57 Å². The number of fused-ring (bicyclic) bond motifs is 2. The number of allylic oxidation sites excluding steroid dienone is 3. The quantitative estimate of drug-likeness (QED) is 0.567.